The van der Waals surface area contributed by atoms with Gasteiger partial charge in [0.25, 0.3) is 0 Å². The minimum absolute atomic E-state index is 0.0772. The number of halogens is 5. The monoisotopic (exact) mass is 671 g/mol. The van der Waals surface area contributed by atoms with Crippen molar-refractivity contribution in [1.82, 2.24) is 0 Å². The summed E-state index contributed by atoms with van der Waals surface area (Å²) in [6, 6.07) is 4.83. The van der Waals surface area contributed by atoms with E-state index in [0.29, 0.717) is 12.9 Å². The highest BCUT2D eigenvalue weighted by atomic mass is 127. The second-order valence-electron chi connectivity index (χ2n) is 4.81. The van der Waals surface area contributed by atoms with Crippen molar-refractivity contribution in [3.8, 4) is 11.5 Å². The second kappa shape index (κ2) is 8.40. The number of rotatable bonds is 5. The molecule has 3 N–H and O–H groups in total. The van der Waals surface area contributed by atoms with Crippen LogP contribution in [0, 0.1) is 22.3 Å². The first-order valence-corrected chi connectivity index (χ1v) is 9.72. The molecule has 1 unspecified atom stereocenters. The molecule has 1 atom stereocenters. The van der Waals surface area contributed by atoms with Gasteiger partial charge in [-0.05, 0) is 104 Å². The van der Waals surface area contributed by atoms with Crippen LogP contribution in [0.25, 0.3) is 0 Å². The van der Waals surface area contributed by atoms with Crippen molar-refractivity contribution in [1.29, 1.82) is 0 Å². The quantitative estimate of drug-likeness (QED) is 0.363. The molecule has 0 fully saturated rings. The summed E-state index contributed by atoms with van der Waals surface area (Å²) in [6.45, 7) is 0. The normalized spacial score (nSPS) is 12.1. The number of carbonyl (C=O) groups is 1. The molecule has 0 radical (unpaired) electrons. The number of hydrogen-bond donors (Lipinski definition) is 2. The molecule has 0 heterocycles. The van der Waals surface area contributed by atoms with Crippen molar-refractivity contribution in [2.24, 2.45) is 5.73 Å². The molecule has 24 heavy (non-hydrogen) atoms. The zero-order valence-corrected chi connectivity index (χ0v) is 18.3. The maximum atomic E-state index is 14.1. The third kappa shape index (κ3) is 4.66. The Hall–Kier alpha value is -0.280. The topological polar surface area (TPSA) is 72.5 Å². The second-order valence-corrected chi connectivity index (χ2v) is 8.22. The smallest absolute Gasteiger partial charge is 0.320 e. The summed E-state index contributed by atoms with van der Waals surface area (Å²) in [7, 11) is 0. The van der Waals surface area contributed by atoms with Gasteiger partial charge in [-0.1, -0.05) is 0 Å². The Morgan fingerprint density at radius 2 is 1.79 bits per heavy atom. The standard InChI is InChI=1S/C15H10F2I3NO3/c16-7-1-2-11(12(17)13(7)20)24-14-8(18)3-6(4-9(14)19)5-10(21)15(22)23/h1-4,10H,5,21H2,(H,22,23). The van der Waals surface area contributed by atoms with Crippen LogP contribution >= 0.6 is 67.8 Å². The van der Waals surface area contributed by atoms with Gasteiger partial charge in [0.2, 0.25) is 0 Å². The Morgan fingerprint density at radius 3 is 2.33 bits per heavy atom. The summed E-state index contributed by atoms with van der Waals surface area (Å²) in [5.41, 5.74) is 6.28. The van der Waals surface area contributed by atoms with Crippen molar-refractivity contribution in [2.75, 3.05) is 0 Å². The van der Waals surface area contributed by atoms with Crippen LogP contribution in [0.5, 0.6) is 11.5 Å². The van der Waals surface area contributed by atoms with E-state index in [1.54, 1.807) is 34.7 Å². The number of aliphatic carboxylic acids is 1. The molecule has 0 amide bonds. The fourth-order valence-corrected chi connectivity index (χ4v) is 4.43. The summed E-state index contributed by atoms with van der Waals surface area (Å²) in [4.78, 5) is 10.9. The summed E-state index contributed by atoms with van der Waals surface area (Å²) in [5.74, 6) is -2.15. The third-order valence-electron chi connectivity index (χ3n) is 3.04. The number of ether oxygens (including phenoxy) is 1. The number of benzene rings is 2. The molecule has 9 heteroatoms. The molecule has 0 spiro atoms. The zero-order chi connectivity index (χ0) is 18.0. The van der Waals surface area contributed by atoms with Gasteiger partial charge in [0.05, 0.1) is 10.7 Å². The van der Waals surface area contributed by atoms with Crippen LogP contribution in [-0.4, -0.2) is 17.1 Å². The number of carboxylic acid groups (broad SMARTS) is 1. The minimum atomic E-state index is -1.08. The van der Waals surface area contributed by atoms with Gasteiger partial charge >= 0.3 is 5.97 Å². The van der Waals surface area contributed by atoms with Crippen molar-refractivity contribution in [3.63, 3.8) is 0 Å². The van der Waals surface area contributed by atoms with E-state index >= 15 is 0 Å². The van der Waals surface area contributed by atoms with E-state index in [1.165, 1.54) is 6.07 Å². The van der Waals surface area contributed by atoms with E-state index in [4.69, 9.17) is 15.6 Å². The predicted molar refractivity (Wildman–Crippen MR) is 110 cm³/mol. The lowest BCUT2D eigenvalue weighted by atomic mass is 10.1. The Kier molecular flexibility index (Phi) is 7.01. The minimum Gasteiger partial charge on any atom is -0.480 e. The Morgan fingerprint density at radius 1 is 1.21 bits per heavy atom. The number of hydrogen-bond acceptors (Lipinski definition) is 3. The molecule has 0 aliphatic heterocycles. The van der Waals surface area contributed by atoms with E-state index in [-0.39, 0.29) is 15.7 Å². The lowest BCUT2D eigenvalue weighted by Crippen LogP contribution is -2.32. The molecular weight excluding hydrogens is 661 g/mol. The van der Waals surface area contributed by atoms with Gasteiger partial charge in [-0.2, -0.15) is 0 Å². The fraction of sp³-hybridized carbons (Fsp3) is 0.133. The van der Waals surface area contributed by atoms with Crippen molar-refractivity contribution >= 4 is 73.7 Å². The van der Waals surface area contributed by atoms with Gasteiger partial charge in [-0.3, -0.25) is 4.79 Å². The first kappa shape index (κ1) is 20.0. The summed E-state index contributed by atoms with van der Waals surface area (Å²) in [6.07, 6.45) is 0.171. The van der Waals surface area contributed by atoms with Gasteiger partial charge in [0, 0.05) is 0 Å². The molecule has 2 rings (SSSR count). The SMILES string of the molecule is NC(Cc1cc(I)c(Oc2ccc(F)c(I)c2F)c(I)c1)C(=O)O. The van der Waals surface area contributed by atoms with Crippen LogP contribution in [0.15, 0.2) is 24.3 Å². The summed E-state index contributed by atoms with van der Waals surface area (Å²) >= 11 is 5.60. The van der Waals surface area contributed by atoms with E-state index < -0.39 is 23.6 Å². The molecule has 0 aliphatic rings. The summed E-state index contributed by atoms with van der Waals surface area (Å²) in [5, 5.41) is 8.88. The van der Waals surface area contributed by atoms with Gasteiger partial charge in [0.1, 0.15) is 11.9 Å². The third-order valence-corrected chi connectivity index (χ3v) is 5.63. The zero-order valence-electron chi connectivity index (χ0n) is 11.8. The number of nitrogens with two attached hydrogens (primary N) is 1. The van der Waals surface area contributed by atoms with E-state index in [1.807, 2.05) is 45.2 Å². The Labute approximate surface area is 177 Å². The van der Waals surface area contributed by atoms with Crippen molar-refractivity contribution < 1.29 is 23.4 Å². The molecule has 0 aromatic heterocycles. The average molecular weight is 671 g/mol. The molecule has 0 bridgehead atoms. The van der Waals surface area contributed by atoms with Crippen LogP contribution in [0.4, 0.5) is 8.78 Å². The van der Waals surface area contributed by atoms with Gasteiger partial charge in [-0.25, -0.2) is 8.78 Å². The van der Waals surface area contributed by atoms with Crippen molar-refractivity contribution in [2.45, 2.75) is 12.5 Å². The fourth-order valence-electron chi connectivity index (χ4n) is 1.87. The van der Waals surface area contributed by atoms with E-state index in [2.05, 4.69) is 0 Å². The number of carboxylic acids is 1. The maximum absolute atomic E-state index is 14.1. The highest BCUT2D eigenvalue weighted by molar-refractivity contribution is 14.1. The van der Waals surface area contributed by atoms with Crippen LogP contribution in [-0.2, 0) is 11.2 Å². The van der Waals surface area contributed by atoms with E-state index in [0.717, 1.165) is 11.6 Å². The van der Waals surface area contributed by atoms with Crippen LogP contribution in [0.3, 0.4) is 0 Å². The van der Waals surface area contributed by atoms with Crippen LogP contribution in [0.2, 0.25) is 0 Å². The first-order valence-electron chi connectivity index (χ1n) is 6.48. The first-order chi connectivity index (χ1) is 11.2. The predicted octanol–water partition coefficient (Wildman–Crippen LogP) is 4.53. The van der Waals surface area contributed by atoms with Crippen LogP contribution < -0.4 is 10.5 Å². The highest BCUT2D eigenvalue weighted by Gasteiger charge is 2.18. The molecule has 2 aromatic carbocycles. The molecule has 0 saturated carbocycles. The Balaban J connectivity index is 2.32. The van der Waals surface area contributed by atoms with Gasteiger partial charge in [-0.15, -0.1) is 0 Å². The Bertz CT molecular complexity index is 779. The largest absolute Gasteiger partial charge is 0.480 e. The average Bonchev–Trinajstić information content (AvgIpc) is 2.50. The van der Waals surface area contributed by atoms with Gasteiger partial charge < -0.3 is 15.6 Å². The molecule has 2 aromatic rings. The maximum Gasteiger partial charge on any atom is 0.320 e. The van der Waals surface area contributed by atoms with Crippen LogP contribution in [0.1, 0.15) is 5.56 Å². The van der Waals surface area contributed by atoms with Gasteiger partial charge in [0.15, 0.2) is 17.3 Å². The molecule has 0 saturated heterocycles. The molecule has 4 nitrogen and oxygen atoms in total. The molecule has 0 aliphatic carbocycles. The lowest BCUT2D eigenvalue weighted by Gasteiger charge is -2.14. The van der Waals surface area contributed by atoms with E-state index in [9.17, 15) is 13.6 Å². The molecular formula is C15H10F2I3NO3. The molecule has 128 valence electrons. The lowest BCUT2D eigenvalue weighted by molar-refractivity contribution is -0.138. The summed E-state index contributed by atoms with van der Waals surface area (Å²) < 4.78 is 34.2. The highest BCUT2D eigenvalue weighted by Crippen LogP contribution is 2.35. The van der Waals surface area contributed by atoms with Crippen molar-refractivity contribution in [3.05, 3.63) is 52.2 Å².